The first kappa shape index (κ1) is 17.1. The first-order chi connectivity index (χ1) is 9.78. The van der Waals surface area contributed by atoms with Gasteiger partial charge in [-0.3, -0.25) is 10.1 Å². The van der Waals surface area contributed by atoms with Crippen LogP contribution >= 0.6 is 0 Å². The average molecular weight is 296 g/mol. The molecule has 6 heteroatoms. The van der Waals surface area contributed by atoms with E-state index in [1.165, 1.54) is 6.07 Å². The maximum Gasteiger partial charge on any atom is 0.414 e. The van der Waals surface area contributed by atoms with Crippen molar-refractivity contribution in [2.45, 2.75) is 32.8 Å². The molecule has 0 atom stereocenters. The predicted octanol–water partition coefficient (Wildman–Crippen LogP) is 2.01. The van der Waals surface area contributed by atoms with Crippen LogP contribution < -0.4 is 10.6 Å². The van der Waals surface area contributed by atoms with Gasteiger partial charge in [0.2, 0.25) is 5.91 Å². The highest BCUT2D eigenvalue weighted by Gasteiger charge is 2.17. The van der Waals surface area contributed by atoms with Gasteiger partial charge in [-0.15, -0.1) is 0 Å². The van der Waals surface area contributed by atoms with Crippen LogP contribution in [0.1, 0.15) is 26.3 Å². The third kappa shape index (κ3) is 7.41. The van der Waals surface area contributed by atoms with Gasteiger partial charge in [-0.2, -0.15) is 0 Å². The van der Waals surface area contributed by atoms with Gasteiger partial charge in [-0.25, -0.2) is 9.18 Å². The average Bonchev–Trinajstić information content (AvgIpc) is 2.34. The van der Waals surface area contributed by atoms with Crippen LogP contribution in [-0.4, -0.2) is 30.7 Å². The zero-order chi connectivity index (χ0) is 15.9. The van der Waals surface area contributed by atoms with Crippen LogP contribution in [0.5, 0.6) is 0 Å². The molecule has 0 unspecified atom stereocenters. The number of halogens is 1. The van der Waals surface area contributed by atoms with E-state index < -0.39 is 17.6 Å². The molecule has 1 rings (SSSR count). The van der Waals surface area contributed by atoms with E-state index in [1.54, 1.807) is 39.0 Å². The predicted molar refractivity (Wildman–Crippen MR) is 77.4 cm³/mol. The molecule has 0 aliphatic carbocycles. The van der Waals surface area contributed by atoms with Crippen LogP contribution in [0.15, 0.2) is 24.3 Å². The van der Waals surface area contributed by atoms with Crippen molar-refractivity contribution in [2.24, 2.45) is 0 Å². The van der Waals surface area contributed by atoms with Gasteiger partial charge in [-0.1, -0.05) is 18.2 Å². The second-order valence-corrected chi connectivity index (χ2v) is 5.57. The Morgan fingerprint density at radius 3 is 2.52 bits per heavy atom. The summed E-state index contributed by atoms with van der Waals surface area (Å²) in [6.45, 7) is 5.54. The molecule has 0 fully saturated rings. The molecule has 0 aliphatic heterocycles. The maximum absolute atomic E-state index is 13.3. The fraction of sp³-hybridized carbons (Fsp3) is 0.467. The molecule has 0 saturated carbocycles. The molecule has 0 aliphatic rings. The van der Waals surface area contributed by atoms with Gasteiger partial charge < -0.3 is 10.1 Å². The van der Waals surface area contributed by atoms with Crippen molar-refractivity contribution in [3.05, 3.63) is 35.6 Å². The van der Waals surface area contributed by atoms with Crippen LogP contribution in [0.4, 0.5) is 9.18 Å². The summed E-state index contributed by atoms with van der Waals surface area (Å²) in [5, 5.41) is 4.95. The van der Waals surface area contributed by atoms with Crippen LogP contribution in [0.2, 0.25) is 0 Å². The van der Waals surface area contributed by atoms with Crippen molar-refractivity contribution < 1.29 is 18.7 Å². The number of amides is 2. The lowest BCUT2D eigenvalue weighted by atomic mass is 10.1. The summed E-state index contributed by atoms with van der Waals surface area (Å²) in [5.74, 6) is -0.754. The Hall–Kier alpha value is -1.95. The van der Waals surface area contributed by atoms with Crippen molar-refractivity contribution in [1.82, 2.24) is 10.6 Å². The highest BCUT2D eigenvalue weighted by molar-refractivity contribution is 5.92. The summed E-state index contributed by atoms with van der Waals surface area (Å²) < 4.78 is 18.3. The molecule has 0 heterocycles. The highest BCUT2D eigenvalue weighted by Crippen LogP contribution is 2.06. The quantitative estimate of drug-likeness (QED) is 0.816. The van der Waals surface area contributed by atoms with E-state index in [4.69, 9.17) is 4.74 Å². The maximum atomic E-state index is 13.3. The molecule has 2 amide bonds. The van der Waals surface area contributed by atoms with Gasteiger partial charge in [0.05, 0.1) is 6.54 Å². The normalized spacial score (nSPS) is 11.0. The summed E-state index contributed by atoms with van der Waals surface area (Å²) in [4.78, 5) is 22.8. The number of hydrogen-bond acceptors (Lipinski definition) is 4. The molecule has 1 aromatic carbocycles. The highest BCUT2D eigenvalue weighted by atomic mass is 19.1. The zero-order valence-electron chi connectivity index (χ0n) is 12.5. The standard InChI is InChI=1S/C15H21FN2O3/c1-15(2,3)21-14(20)18-13(19)10-17-9-8-11-6-4-5-7-12(11)16/h4-7,17H,8-10H2,1-3H3,(H,18,19,20). The minimum Gasteiger partial charge on any atom is -0.444 e. The van der Waals surface area contributed by atoms with E-state index in [-0.39, 0.29) is 12.4 Å². The number of imide groups is 1. The fourth-order valence-electron chi connectivity index (χ4n) is 1.59. The van der Waals surface area contributed by atoms with Gasteiger partial charge in [0.15, 0.2) is 0 Å². The number of benzene rings is 1. The summed E-state index contributed by atoms with van der Waals surface area (Å²) in [5.41, 5.74) is -0.0691. The van der Waals surface area contributed by atoms with Crippen molar-refractivity contribution in [3.8, 4) is 0 Å². The topological polar surface area (TPSA) is 67.4 Å². The minimum atomic E-state index is -0.775. The molecule has 0 saturated heterocycles. The SMILES string of the molecule is CC(C)(C)OC(=O)NC(=O)CNCCc1ccccc1F. The molecule has 21 heavy (non-hydrogen) atoms. The number of ether oxygens (including phenoxy) is 1. The van der Waals surface area contributed by atoms with Crippen molar-refractivity contribution in [2.75, 3.05) is 13.1 Å². The number of carbonyl (C=O) groups excluding carboxylic acids is 2. The van der Waals surface area contributed by atoms with Gasteiger partial charge in [-0.05, 0) is 45.4 Å². The van der Waals surface area contributed by atoms with E-state index in [9.17, 15) is 14.0 Å². The Balaban J connectivity index is 2.22. The molecule has 0 radical (unpaired) electrons. The van der Waals surface area contributed by atoms with Crippen molar-refractivity contribution in [3.63, 3.8) is 0 Å². The fourth-order valence-corrected chi connectivity index (χ4v) is 1.59. The molecule has 0 bridgehead atoms. The molecule has 116 valence electrons. The Kier molecular flexibility index (Phi) is 6.30. The van der Waals surface area contributed by atoms with E-state index >= 15 is 0 Å². The molecular formula is C15H21FN2O3. The summed E-state index contributed by atoms with van der Waals surface area (Å²) >= 11 is 0. The van der Waals surface area contributed by atoms with E-state index in [1.807, 2.05) is 0 Å². The lowest BCUT2D eigenvalue weighted by molar-refractivity contribution is -0.119. The first-order valence-corrected chi connectivity index (χ1v) is 6.75. The molecule has 5 nitrogen and oxygen atoms in total. The lowest BCUT2D eigenvalue weighted by Gasteiger charge is -2.19. The number of hydrogen-bond donors (Lipinski definition) is 2. The molecular weight excluding hydrogens is 275 g/mol. The van der Waals surface area contributed by atoms with Gasteiger partial charge >= 0.3 is 6.09 Å². The van der Waals surface area contributed by atoms with E-state index in [0.717, 1.165) is 0 Å². The van der Waals surface area contributed by atoms with Crippen LogP contribution in [0.3, 0.4) is 0 Å². The second kappa shape index (κ2) is 7.73. The largest absolute Gasteiger partial charge is 0.444 e. The number of alkyl carbamates (subject to hydrolysis) is 1. The van der Waals surface area contributed by atoms with E-state index in [0.29, 0.717) is 18.5 Å². The molecule has 1 aromatic rings. The second-order valence-electron chi connectivity index (χ2n) is 5.57. The number of carbonyl (C=O) groups is 2. The Labute approximate surface area is 123 Å². The Bertz CT molecular complexity index is 498. The third-order valence-corrected chi connectivity index (χ3v) is 2.45. The van der Waals surface area contributed by atoms with Gasteiger partial charge in [0.25, 0.3) is 0 Å². The number of nitrogens with one attached hydrogen (secondary N) is 2. The van der Waals surface area contributed by atoms with Crippen LogP contribution in [0, 0.1) is 5.82 Å². The summed E-state index contributed by atoms with van der Waals surface area (Å²) in [7, 11) is 0. The third-order valence-electron chi connectivity index (χ3n) is 2.45. The molecule has 0 spiro atoms. The van der Waals surface area contributed by atoms with Gasteiger partial charge in [0.1, 0.15) is 11.4 Å². The van der Waals surface area contributed by atoms with Gasteiger partial charge in [0, 0.05) is 0 Å². The van der Waals surface area contributed by atoms with Crippen LogP contribution in [-0.2, 0) is 16.0 Å². The minimum absolute atomic E-state index is 0.0340. The van der Waals surface area contributed by atoms with Crippen molar-refractivity contribution >= 4 is 12.0 Å². The number of rotatable bonds is 5. The lowest BCUT2D eigenvalue weighted by Crippen LogP contribution is -2.41. The Morgan fingerprint density at radius 2 is 1.90 bits per heavy atom. The zero-order valence-corrected chi connectivity index (χ0v) is 12.5. The van der Waals surface area contributed by atoms with E-state index in [2.05, 4.69) is 10.6 Å². The molecule has 0 aromatic heterocycles. The summed E-state index contributed by atoms with van der Waals surface area (Å²) in [6, 6.07) is 6.47. The monoisotopic (exact) mass is 296 g/mol. The van der Waals surface area contributed by atoms with Crippen molar-refractivity contribution in [1.29, 1.82) is 0 Å². The Morgan fingerprint density at radius 1 is 1.24 bits per heavy atom. The van der Waals surface area contributed by atoms with Crippen LogP contribution in [0.25, 0.3) is 0 Å². The first-order valence-electron chi connectivity index (χ1n) is 6.75. The summed E-state index contributed by atoms with van der Waals surface area (Å²) in [6.07, 6.45) is -0.310. The molecule has 2 N–H and O–H groups in total. The smallest absolute Gasteiger partial charge is 0.414 e.